The Hall–Kier alpha value is -2.04. The van der Waals surface area contributed by atoms with Gasteiger partial charge in [0.1, 0.15) is 0 Å². The third-order valence-electron chi connectivity index (χ3n) is 5.67. The lowest BCUT2D eigenvalue weighted by atomic mass is 9.79. The smallest absolute Gasteiger partial charge is 0.231 e. The molecule has 5 heteroatoms. The summed E-state index contributed by atoms with van der Waals surface area (Å²) in [6.07, 6.45) is 2.32. The van der Waals surface area contributed by atoms with Gasteiger partial charge in [-0.25, -0.2) is 0 Å². The van der Waals surface area contributed by atoms with Gasteiger partial charge in [0.2, 0.25) is 5.72 Å². The van der Waals surface area contributed by atoms with Gasteiger partial charge in [-0.15, -0.1) is 0 Å². The Morgan fingerprint density at radius 1 is 1.00 bits per heavy atom. The summed E-state index contributed by atoms with van der Waals surface area (Å²) in [5.41, 5.74) is 1.76. The molecule has 4 aliphatic rings. The fourth-order valence-corrected chi connectivity index (χ4v) is 4.56. The van der Waals surface area contributed by atoms with Gasteiger partial charge in [-0.3, -0.25) is 9.80 Å². The van der Waals surface area contributed by atoms with E-state index in [4.69, 9.17) is 16.4 Å². The third kappa shape index (κ3) is 2.35. The minimum Gasteiger partial charge on any atom is -0.363 e. The maximum absolute atomic E-state index is 6.22. The molecule has 0 unspecified atom stereocenters. The van der Waals surface area contributed by atoms with E-state index < -0.39 is 5.72 Å². The molecular formula is C20H20ClN3O. The van der Waals surface area contributed by atoms with Crippen LogP contribution in [0.5, 0.6) is 0 Å². The highest BCUT2D eigenvalue weighted by Crippen LogP contribution is 2.46. The Morgan fingerprint density at radius 3 is 2.36 bits per heavy atom. The van der Waals surface area contributed by atoms with Crippen molar-refractivity contribution in [3.05, 3.63) is 65.2 Å². The van der Waals surface area contributed by atoms with Crippen molar-refractivity contribution in [2.75, 3.05) is 24.5 Å². The highest BCUT2D eigenvalue weighted by Gasteiger charge is 2.57. The van der Waals surface area contributed by atoms with Crippen LogP contribution in [0.2, 0.25) is 5.02 Å². The van der Waals surface area contributed by atoms with Gasteiger partial charge in [0.25, 0.3) is 0 Å². The number of halogens is 1. The van der Waals surface area contributed by atoms with Gasteiger partial charge in [0, 0.05) is 22.2 Å². The maximum atomic E-state index is 6.22. The lowest BCUT2D eigenvalue weighted by Gasteiger charge is -2.53. The topological polar surface area (TPSA) is 28.1 Å². The summed E-state index contributed by atoms with van der Waals surface area (Å²) in [7, 11) is 0. The summed E-state index contributed by atoms with van der Waals surface area (Å²) in [6.45, 7) is 3.22. The molecule has 128 valence electrons. The minimum atomic E-state index is -0.396. The number of anilines is 1. The van der Waals surface area contributed by atoms with Crippen LogP contribution >= 0.6 is 11.6 Å². The van der Waals surface area contributed by atoms with Crippen LogP contribution in [0.3, 0.4) is 0 Å². The molecule has 4 aliphatic heterocycles. The van der Waals surface area contributed by atoms with Crippen LogP contribution in [0.15, 0.2) is 59.8 Å². The van der Waals surface area contributed by atoms with Crippen LogP contribution in [0.4, 0.5) is 5.69 Å². The Labute approximate surface area is 152 Å². The van der Waals surface area contributed by atoms with Gasteiger partial charge in [-0.2, -0.15) is 0 Å². The molecule has 4 heterocycles. The van der Waals surface area contributed by atoms with Crippen LogP contribution in [0.25, 0.3) is 0 Å². The van der Waals surface area contributed by atoms with Crippen LogP contribution < -0.4 is 4.90 Å². The summed E-state index contributed by atoms with van der Waals surface area (Å²) >= 11 is 6.07. The van der Waals surface area contributed by atoms with E-state index in [1.54, 1.807) is 0 Å². The number of para-hydroxylation sites is 1. The minimum absolute atomic E-state index is 0.396. The van der Waals surface area contributed by atoms with Crippen molar-refractivity contribution in [2.24, 2.45) is 11.1 Å². The molecule has 3 fully saturated rings. The summed E-state index contributed by atoms with van der Waals surface area (Å²) in [5, 5.41) is 5.29. The molecule has 0 aromatic heterocycles. The quantitative estimate of drug-likeness (QED) is 0.818. The van der Waals surface area contributed by atoms with E-state index in [1.807, 2.05) is 30.3 Å². The van der Waals surface area contributed by atoms with Crippen molar-refractivity contribution < 1.29 is 4.84 Å². The van der Waals surface area contributed by atoms with Gasteiger partial charge < -0.3 is 4.84 Å². The largest absolute Gasteiger partial charge is 0.363 e. The van der Waals surface area contributed by atoms with E-state index in [9.17, 15) is 0 Å². The number of benzene rings is 2. The summed E-state index contributed by atoms with van der Waals surface area (Å²) in [5.74, 6) is 1.36. The molecule has 0 radical (unpaired) electrons. The third-order valence-corrected chi connectivity index (χ3v) is 5.92. The first-order valence-corrected chi connectivity index (χ1v) is 9.24. The standard InChI is InChI=1S/C20H20ClN3O/c21-17-8-6-15(7-9-17)19-22-25-20(14-23-12-10-16(20)11-13-23)24(19)18-4-2-1-3-5-18/h1-9,16H,10-14H2/t20-/m1/s1. The van der Waals surface area contributed by atoms with Crippen LogP contribution in [-0.2, 0) is 4.84 Å². The second kappa shape index (κ2) is 5.75. The fraction of sp³-hybridized carbons (Fsp3) is 0.350. The molecule has 3 saturated heterocycles. The monoisotopic (exact) mass is 353 g/mol. The predicted molar refractivity (Wildman–Crippen MR) is 99.9 cm³/mol. The SMILES string of the molecule is Clc1ccc(C2=NO[C@@]3(CN4CCC3CC4)N2c2ccccc2)cc1. The molecule has 1 atom stereocenters. The van der Waals surface area contributed by atoms with Crippen LogP contribution in [-0.4, -0.2) is 36.1 Å². The number of nitrogens with zero attached hydrogens (tertiary/aromatic N) is 3. The number of fused-ring (bicyclic) bond motifs is 2. The van der Waals surface area contributed by atoms with E-state index in [0.717, 1.165) is 54.6 Å². The number of amidine groups is 1. The van der Waals surface area contributed by atoms with Crippen molar-refractivity contribution >= 4 is 23.1 Å². The van der Waals surface area contributed by atoms with Crippen molar-refractivity contribution in [2.45, 2.75) is 18.6 Å². The summed E-state index contributed by atoms with van der Waals surface area (Å²) in [4.78, 5) is 11.0. The first-order valence-electron chi connectivity index (χ1n) is 8.86. The Kier molecular flexibility index (Phi) is 3.50. The number of hydrogen-bond donors (Lipinski definition) is 0. The first kappa shape index (κ1) is 15.2. The maximum Gasteiger partial charge on any atom is 0.231 e. The summed E-state index contributed by atoms with van der Waals surface area (Å²) < 4.78 is 0. The van der Waals surface area contributed by atoms with Gasteiger partial charge >= 0.3 is 0 Å². The van der Waals surface area contributed by atoms with Gasteiger partial charge in [-0.05, 0) is 62.3 Å². The van der Waals surface area contributed by atoms with E-state index in [-0.39, 0.29) is 0 Å². The molecule has 6 rings (SSSR count). The first-order chi connectivity index (χ1) is 12.3. The van der Waals surface area contributed by atoms with E-state index in [0.29, 0.717) is 5.92 Å². The predicted octanol–water partition coefficient (Wildman–Crippen LogP) is 3.96. The Balaban J connectivity index is 1.61. The number of piperidine rings is 3. The molecule has 2 aromatic rings. The number of hydrogen-bond acceptors (Lipinski definition) is 4. The van der Waals surface area contributed by atoms with Crippen molar-refractivity contribution in [3.63, 3.8) is 0 Å². The zero-order chi connectivity index (χ0) is 16.9. The van der Waals surface area contributed by atoms with Crippen molar-refractivity contribution in [1.82, 2.24) is 4.90 Å². The fourth-order valence-electron chi connectivity index (χ4n) is 4.43. The highest BCUT2D eigenvalue weighted by atomic mass is 35.5. The lowest BCUT2D eigenvalue weighted by molar-refractivity contribution is -0.134. The molecule has 25 heavy (non-hydrogen) atoms. The van der Waals surface area contributed by atoms with Crippen LogP contribution in [0.1, 0.15) is 18.4 Å². The summed E-state index contributed by atoms with van der Waals surface area (Å²) in [6, 6.07) is 18.3. The molecule has 2 bridgehead atoms. The molecule has 2 aromatic carbocycles. The highest BCUT2D eigenvalue weighted by molar-refractivity contribution is 6.30. The van der Waals surface area contributed by atoms with Crippen molar-refractivity contribution in [1.29, 1.82) is 0 Å². The van der Waals surface area contributed by atoms with Gasteiger partial charge in [-0.1, -0.05) is 35.0 Å². The zero-order valence-electron chi connectivity index (χ0n) is 13.9. The molecule has 0 N–H and O–H groups in total. The molecular weight excluding hydrogens is 334 g/mol. The van der Waals surface area contributed by atoms with Gasteiger partial charge in [0.15, 0.2) is 5.84 Å². The van der Waals surface area contributed by atoms with Gasteiger partial charge in [0.05, 0.1) is 6.54 Å². The lowest BCUT2D eigenvalue weighted by Crippen LogP contribution is -2.67. The van der Waals surface area contributed by atoms with E-state index in [1.165, 1.54) is 0 Å². The number of oxime groups is 1. The van der Waals surface area contributed by atoms with E-state index >= 15 is 0 Å². The molecule has 4 nitrogen and oxygen atoms in total. The molecule has 1 spiro atoms. The average Bonchev–Trinajstić information content (AvgIpc) is 3.02. The normalized spacial score (nSPS) is 30.4. The van der Waals surface area contributed by atoms with Crippen LogP contribution in [0, 0.1) is 5.92 Å². The Bertz CT molecular complexity index is 799. The van der Waals surface area contributed by atoms with E-state index in [2.05, 4.69) is 39.2 Å². The Morgan fingerprint density at radius 2 is 1.72 bits per heavy atom. The molecule has 0 aliphatic carbocycles. The second-order valence-corrected chi connectivity index (χ2v) is 7.52. The number of rotatable bonds is 2. The van der Waals surface area contributed by atoms with Crippen molar-refractivity contribution in [3.8, 4) is 0 Å². The zero-order valence-corrected chi connectivity index (χ0v) is 14.7. The average molecular weight is 354 g/mol. The molecule has 0 saturated carbocycles. The molecule has 0 amide bonds. The second-order valence-electron chi connectivity index (χ2n) is 7.08.